The van der Waals surface area contributed by atoms with Gasteiger partial charge in [0, 0.05) is 23.7 Å². The molecular formula is C15H17N3O2. The van der Waals surface area contributed by atoms with Crippen LogP contribution in [0.15, 0.2) is 36.5 Å². The molecule has 0 radical (unpaired) electrons. The topological polar surface area (TPSA) is 74.2 Å². The number of rotatable bonds is 2. The van der Waals surface area contributed by atoms with Crippen molar-refractivity contribution in [1.29, 1.82) is 0 Å². The van der Waals surface area contributed by atoms with E-state index in [0.717, 1.165) is 23.9 Å². The van der Waals surface area contributed by atoms with Crippen LogP contribution in [0, 0.1) is 0 Å². The Kier molecular flexibility index (Phi) is 3.62. The highest BCUT2D eigenvalue weighted by Gasteiger charge is 2.24. The maximum Gasteiger partial charge on any atom is 0.251 e. The number of carbonyl (C=O) groups is 1. The first-order chi connectivity index (χ1) is 9.74. The summed E-state index contributed by atoms with van der Waals surface area (Å²) in [4.78, 5) is 16.5. The van der Waals surface area contributed by atoms with Gasteiger partial charge in [-0.3, -0.25) is 9.78 Å². The molecular weight excluding hydrogens is 254 g/mol. The van der Waals surface area contributed by atoms with E-state index in [1.165, 1.54) is 0 Å². The number of β-amino-alcohol motifs (C(OH)–C–C–N with tert-alkyl or cyclic N) is 1. The minimum Gasteiger partial charge on any atom is -0.390 e. The molecule has 0 aliphatic carbocycles. The Balaban J connectivity index is 1.78. The third-order valence-electron chi connectivity index (χ3n) is 3.63. The molecule has 20 heavy (non-hydrogen) atoms. The van der Waals surface area contributed by atoms with Crippen LogP contribution in [0.5, 0.6) is 0 Å². The maximum absolute atomic E-state index is 12.2. The molecule has 1 aromatic carbocycles. The highest BCUT2D eigenvalue weighted by atomic mass is 16.3. The lowest BCUT2D eigenvalue weighted by Crippen LogP contribution is -2.52. The van der Waals surface area contributed by atoms with Crippen molar-refractivity contribution in [1.82, 2.24) is 15.6 Å². The summed E-state index contributed by atoms with van der Waals surface area (Å²) >= 11 is 0. The fourth-order valence-electron chi connectivity index (χ4n) is 2.48. The molecule has 3 rings (SSSR count). The van der Waals surface area contributed by atoms with E-state index in [9.17, 15) is 9.90 Å². The Morgan fingerprint density at radius 3 is 3.15 bits per heavy atom. The zero-order valence-corrected chi connectivity index (χ0v) is 11.0. The van der Waals surface area contributed by atoms with E-state index >= 15 is 0 Å². The first kappa shape index (κ1) is 13.0. The van der Waals surface area contributed by atoms with Crippen molar-refractivity contribution in [3.63, 3.8) is 0 Å². The van der Waals surface area contributed by atoms with Crippen molar-refractivity contribution in [3.05, 3.63) is 42.1 Å². The summed E-state index contributed by atoms with van der Waals surface area (Å²) in [6, 6.07) is 9.01. The largest absolute Gasteiger partial charge is 0.390 e. The number of carbonyl (C=O) groups excluding carboxylic acids is 1. The molecule has 0 bridgehead atoms. The van der Waals surface area contributed by atoms with E-state index in [1.807, 2.05) is 24.3 Å². The summed E-state index contributed by atoms with van der Waals surface area (Å²) in [6.07, 6.45) is 1.94. The highest BCUT2D eigenvalue weighted by Crippen LogP contribution is 2.14. The molecule has 1 aliphatic rings. The fourth-order valence-corrected chi connectivity index (χ4v) is 2.48. The van der Waals surface area contributed by atoms with E-state index in [0.29, 0.717) is 12.1 Å². The minimum atomic E-state index is -0.533. The number of amides is 1. The van der Waals surface area contributed by atoms with Crippen molar-refractivity contribution >= 4 is 16.8 Å². The smallest absolute Gasteiger partial charge is 0.251 e. The number of aliphatic hydroxyl groups excluding tert-OH is 1. The maximum atomic E-state index is 12.2. The molecule has 2 unspecified atom stereocenters. The Bertz CT molecular complexity index is 629. The summed E-state index contributed by atoms with van der Waals surface area (Å²) in [5.41, 5.74) is 1.46. The number of nitrogens with zero attached hydrogens (tertiary/aromatic N) is 1. The second-order valence-electron chi connectivity index (χ2n) is 5.05. The summed E-state index contributed by atoms with van der Waals surface area (Å²) in [5, 5.41) is 16.8. The number of piperidine rings is 1. The predicted molar refractivity (Wildman–Crippen MR) is 76.5 cm³/mol. The van der Waals surface area contributed by atoms with Crippen molar-refractivity contribution in [3.8, 4) is 0 Å². The molecule has 2 heterocycles. The van der Waals surface area contributed by atoms with Crippen LogP contribution in [-0.2, 0) is 0 Å². The van der Waals surface area contributed by atoms with Gasteiger partial charge in [0.25, 0.3) is 5.91 Å². The third-order valence-corrected chi connectivity index (χ3v) is 3.63. The standard InChI is InChI=1S/C15H17N3O2/c19-14-9-16-7-5-13(14)18-15(20)11-3-4-12-10(8-11)2-1-6-17-12/h1-4,6,8,13-14,16,19H,5,7,9H2,(H,18,20). The monoisotopic (exact) mass is 271 g/mol. The van der Waals surface area contributed by atoms with Gasteiger partial charge < -0.3 is 15.7 Å². The van der Waals surface area contributed by atoms with Gasteiger partial charge in [0.15, 0.2) is 0 Å². The van der Waals surface area contributed by atoms with Crippen LogP contribution in [0.2, 0.25) is 0 Å². The van der Waals surface area contributed by atoms with Crippen LogP contribution in [0.1, 0.15) is 16.8 Å². The molecule has 0 spiro atoms. The van der Waals surface area contributed by atoms with Crippen LogP contribution in [0.4, 0.5) is 0 Å². The molecule has 104 valence electrons. The minimum absolute atomic E-state index is 0.151. The first-order valence-corrected chi connectivity index (χ1v) is 6.78. The Hall–Kier alpha value is -1.98. The Morgan fingerprint density at radius 1 is 1.40 bits per heavy atom. The molecule has 3 N–H and O–H groups in total. The van der Waals surface area contributed by atoms with Crippen molar-refractivity contribution < 1.29 is 9.90 Å². The zero-order chi connectivity index (χ0) is 13.9. The molecule has 1 fully saturated rings. The van der Waals surface area contributed by atoms with Gasteiger partial charge in [-0.2, -0.15) is 0 Å². The highest BCUT2D eigenvalue weighted by molar-refractivity contribution is 5.98. The van der Waals surface area contributed by atoms with E-state index in [2.05, 4.69) is 15.6 Å². The van der Waals surface area contributed by atoms with E-state index in [4.69, 9.17) is 0 Å². The van der Waals surface area contributed by atoms with Gasteiger partial charge in [0.1, 0.15) is 0 Å². The lowest BCUT2D eigenvalue weighted by molar-refractivity contribution is 0.0765. The normalized spacial score (nSPS) is 22.6. The molecule has 2 atom stereocenters. The predicted octanol–water partition coefficient (Wildman–Crippen LogP) is 0.687. The van der Waals surface area contributed by atoms with Crippen molar-refractivity contribution in [2.75, 3.05) is 13.1 Å². The first-order valence-electron chi connectivity index (χ1n) is 6.78. The number of fused-ring (bicyclic) bond motifs is 1. The van der Waals surface area contributed by atoms with E-state index in [1.54, 1.807) is 12.3 Å². The van der Waals surface area contributed by atoms with Crippen LogP contribution in [-0.4, -0.2) is 41.2 Å². The van der Waals surface area contributed by atoms with Crippen LogP contribution in [0.25, 0.3) is 10.9 Å². The number of nitrogens with one attached hydrogen (secondary N) is 2. The average Bonchev–Trinajstić information content (AvgIpc) is 2.49. The number of aromatic nitrogens is 1. The molecule has 0 saturated carbocycles. The fraction of sp³-hybridized carbons (Fsp3) is 0.333. The van der Waals surface area contributed by atoms with Crippen LogP contribution >= 0.6 is 0 Å². The van der Waals surface area contributed by atoms with E-state index < -0.39 is 6.10 Å². The molecule has 1 aromatic heterocycles. The summed E-state index contributed by atoms with van der Waals surface area (Å²) < 4.78 is 0. The molecule has 1 saturated heterocycles. The summed E-state index contributed by atoms with van der Waals surface area (Å²) in [6.45, 7) is 1.33. The van der Waals surface area contributed by atoms with Gasteiger partial charge in [-0.25, -0.2) is 0 Å². The second kappa shape index (κ2) is 5.56. The number of pyridine rings is 1. The van der Waals surface area contributed by atoms with Crippen molar-refractivity contribution in [2.45, 2.75) is 18.6 Å². The number of hydrogen-bond donors (Lipinski definition) is 3. The Morgan fingerprint density at radius 2 is 2.30 bits per heavy atom. The van der Waals surface area contributed by atoms with Gasteiger partial charge in [-0.1, -0.05) is 6.07 Å². The zero-order valence-electron chi connectivity index (χ0n) is 11.0. The molecule has 1 aliphatic heterocycles. The van der Waals surface area contributed by atoms with Crippen LogP contribution < -0.4 is 10.6 Å². The molecule has 5 nitrogen and oxygen atoms in total. The lowest BCUT2D eigenvalue weighted by Gasteiger charge is -2.29. The summed E-state index contributed by atoms with van der Waals surface area (Å²) in [7, 11) is 0. The number of aliphatic hydroxyl groups is 1. The number of benzene rings is 1. The Labute approximate surface area is 117 Å². The van der Waals surface area contributed by atoms with Gasteiger partial charge in [-0.15, -0.1) is 0 Å². The van der Waals surface area contributed by atoms with Crippen molar-refractivity contribution in [2.24, 2.45) is 0 Å². The molecule has 2 aromatic rings. The number of hydrogen-bond acceptors (Lipinski definition) is 4. The lowest BCUT2D eigenvalue weighted by atomic mass is 10.0. The van der Waals surface area contributed by atoms with E-state index in [-0.39, 0.29) is 11.9 Å². The average molecular weight is 271 g/mol. The summed E-state index contributed by atoms with van der Waals surface area (Å²) in [5.74, 6) is -0.151. The van der Waals surface area contributed by atoms with Crippen LogP contribution in [0.3, 0.4) is 0 Å². The quantitative estimate of drug-likeness (QED) is 0.751. The van der Waals surface area contributed by atoms with Gasteiger partial charge >= 0.3 is 0 Å². The molecule has 1 amide bonds. The van der Waals surface area contributed by atoms with Gasteiger partial charge in [0.05, 0.1) is 17.7 Å². The van der Waals surface area contributed by atoms with Gasteiger partial charge in [-0.05, 0) is 37.2 Å². The second-order valence-corrected chi connectivity index (χ2v) is 5.05. The third kappa shape index (κ3) is 2.64. The molecule has 5 heteroatoms. The SMILES string of the molecule is O=C(NC1CCNCC1O)c1ccc2ncccc2c1. The van der Waals surface area contributed by atoms with Gasteiger partial charge in [0.2, 0.25) is 0 Å².